The van der Waals surface area contributed by atoms with Gasteiger partial charge in [0.05, 0.1) is 17.7 Å². The average Bonchev–Trinajstić information content (AvgIpc) is 3.11. The number of amidine groups is 1. The minimum absolute atomic E-state index is 0.394. The van der Waals surface area contributed by atoms with Crippen LogP contribution in [-0.4, -0.2) is 18.8 Å². The van der Waals surface area contributed by atoms with E-state index in [-0.39, 0.29) is 0 Å². The van der Waals surface area contributed by atoms with Crippen molar-refractivity contribution in [2.45, 2.75) is 12.5 Å². The van der Waals surface area contributed by atoms with E-state index in [4.69, 9.17) is 15.5 Å². The van der Waals surface area contributed by atoms with Crippen molar-refractivity contribution < 1.29 is 4.74 Å². The number of nitrogens with zero attached hydrogens (tertiary/aromatic N) is 3. The smallest absolute Gasteiger partial charge is 0.171 e. The summed E-state index contributed by atoms with van der Waals surface area (Å²) in [7, 11) is 1.63. The van der Waals surface area contributed by atoms with E-state index in [1.54, 1.807) is 7.11 Å². The van der Waals surface area contributed by atoms with Gasteiger partial charge in [-0.3, -0.25) is 0 Å². The van der Waals surface area contributed by atoms with Crippen LogP contribution in [0, 0.1) is 11.3 Å². The Labute approximate surface area is 156 Å². The van der Waals surface area contributed by atoms with Gasteiger partial charge in [-0.05, 0) is 47.5 Å². The first-order chi connectivity index (χ1) is 12.7. The van der Waals surface area contributed by atoms with Gasteiger partial charge in [0.15, 0.2) is 5.17 Å². The normalized spacial score (nSPS) is 19.0. The fourth-order valence-electron chi connectivity index (χ4n) is 3.29. The number of nitriles is 1. The summed E-state index contributed by atoms with van der Waals surface area (Å²) in [6.45, 7) is 0.871. The molecule has 0 saturated heterocycles. The largest absolute Gasteiger partial charge is 0.497 e. The number of para-hydroxylation sites is 1. The molecule has 2 heterocycles. The highest BCUT2D eigenvalue weighted by Gasteiger charge is 2.31. The van der Waals surface area contributed by atoms with Crippen molar-refractivity contribution in [1.29, 1.82) is 5.26 Å². The van der Waals surface area contributed by atoms with Crippen molar-refractivity contribution in [2.24, 2.45) is 10.7 Å². The van der Waals surface area contributed by atoms with Crippen molar-refractivity contribution in [1.82, 2.24) is 0 Å². The molecule has 0 spiro atoms. The van der Waals surface area contributed by atoms with Crippen molar-refractivity contribution >= 4 is 22.6 Å². The zero-order chi connectivity index (χ0) is 18.1. The van der Waals surface area contributed by atoms with E-state index < -0.39 is 6.04 Å². The molecule has 4 rings (SSSR count). The van der Waals surface area contributed by atoms with Crippen molar-refractivity contribution in [2.75, 3.05) is 18.6 Å². The molecule has 1 atom stereocenters. The Hall–Kier alpha value is -2.91. The van der Waals surface area contributed by atoms with Crippen LogP contribution in [0.4, 0.5) is 5.69 Å². The third-order valence-corrected chi connectivity index (χ3v) is 5.60. The first-order valence-electron chi connectivity index (χ1n) is 8.36. The van der Waals surface area contributed by atoms with Gasteiger partial charge in [-0.2, -0.15) is 5.26 Å². The van der Waals surface area contributed by atoms with Gasteiger partial charge in [0, 0.05) is 12.2 Å². The Kier molecular flexibility index (Phi) is 4.31. The van der Waals surface area contributed by atoms with Crippen LogP contribution in [0.1, 0.15) is 17.2 Å². The first-order valence-corrected chi connectivity index (χ1v) is 9.17. The van der Waals surface area contributed by atoms with Crippen LogP contribution in [0.3, 0.4) is 0 Å². The highest BCUT2D eigenvalue weighted by Crippen LogP contribution is 2.40. The molecule has 5 nitrogen and oxygen atoms in total. The molecule has 0 radical (unpaired) electrons. The maximum absolute atomic E-state index is 9.59. The molecule has 2 aromatic carbocycles. The Balaban J connectivity index is 1.73. The van der Waals surface area contributed by atoms with E-state index in [1.807, 2.05) is 30.3 Å². The van der Waals surface area contributed by atoms with E-state index in [9.17, 15) is 5.26 Å². The molecule has 0 aromatic heterocycles. The standard InChI is InChI=1S/C20H18N4OS/c1-25-15-8-6-14(7-9-15)18-16(12-21)19(22)26-20(23-18)24-11-10-13-4-2-3-5-17(13)24/h2-9,18H,10-11,22H2,1H3/t18-/m0/s1. The van der Waals surface area contributed by atoms with Crippen LogP contribution in [0.15, 0.2) is 64.1 Å². The van der Waals surface area contributed by atoms with Gasteiger partial charge in [0.2, 0.25) is 0 Å². The second-order valence-electron chi connectivity index (χ2n) is 6.11. The predicted octanol–water partition coefficient (Wildman–Crippen LogP) is 3.60. The van der Waals surface area contributed by atoms with E-state index in [0.29, 0.717) is 10.6 Å². The Morgan fingerprint density at radius 3 is 2.73 bits per heavy atom. The number of methoxy groups -OCH3 is 1. The summed E-state index contributed by atoms with van der Waals surface area (Å²) in [6.07, 6.45) is 0.984. The van der Waals surface area contributed by atoms with Gasteiger partial charge in [-0.15, -0.1) is 0 Å². The molecular weight excluding hydrogens is 344 g/mol. The second-order valence-corrected chi connectivity index (χ2v) is 7.12. The van der Waals surface area contributed by atoms with Crippen molar-refractivity contribution in [3.05, 3.63) is 70.3 Å². The van der Waals surface area contributed by atoms with E-state index in [1.165, 1.54) is 23.0 Å². The minimum atomic E-state index is -0.394. The number of hydrogen-bond acceptors (Lipinski definition) is 6. The lowest BCUT2D eigenvalue weighted by Crippen LogP contribution is -2.30. The number of ether oxygens (including phenoxy) is 1. The Morgan fingerprint density at radius 2 is 2.00 bits per heavy atom. The summed E-state index contributed by atoms with van der Waals surface area (Å²) in [5.74, 6) is 0.770. The predicted molar refractivity (Wildman–Crippen MR) is 105 cm³/mol. The third kappa shape index (κ3) is 2.80. The molecular formula is C20H18N4OS. The topological polar surface area (TPSA) is 74.6 Å². The van der Waals surface area contributed by atoms with Crippen LogP contribution in [0.25, 0.3) is 0 Å². The van der Waals surface area contributed by atoms with E-state index in [0.717, 1.165) is 29.4 Å². The molecule has 0 bridgehead atoms. The molecule has 2 N–H and O–H groups in total. The number of benzene rings is 2. The number of thioether (sulfide) groups is 1. The molecule has 0 aliphatic carbocycles. The van der Waals surface area contributed by atoms with Crippen LogP contribution < -0.4 is 15.4 Å². The van der Waals surface area contributed by atoms with Gasteiger partial charge < -0.3 is 15.4 Å². The fraction of sp³-hybridized carbons (Fsp3) is 0.200. The Bertz CT molecular complexity index is 943. The first kappa shape index (κ1) is 16.6. The lowest BCUT2D eigenvalue weighted by atomic mass is 10.0. The van der Waals surface area contributed by atoms with E-state index in [2.05, 4.69) is 29.2 Å². The van der Waals surface area contributed by atoms with Gasteiger partial charge >= 0.3 is 0 Å². The van der Waals surface area contributed by atoms with Crippen LogP contribution >= 0.6 is 11.8 Å². The number of aliphatic imine (C=N–C) groups is 1. The SMILES string of the molecule is COc1ccc([C@@H]2N=C(N3CCc4ccccc43)SC(N)=C2C#N)cc1. The highest BCUT2D eigenvalue weighted by atomic mass is 32.2. The summed E-state index contributed by atoms with van der Waals surface area (Å²) in [5.41, 5.74) is 10.1. The molecule has 26 heavy (non-hydrogen) atoms. The number of rotatable bonds is 2. The molecule has 2 aliphatic heterocycles. The molecule has 0 saturated carbocycles. The second kappa shape index (κ2) is 6.77. The van der Waals surface area contributed by atoms with Crippen molar-refractivity contribution in [3.63, 3.8) is 0 Å². The molecule has 130 valence electrons. The molecule has 0 fully saturated rings. The molecule has 0 unspecified atom stereocenters. The average molecular weight is 362 g/mol. The molecule has 6 heteroatoms. The number of fused-ring (bicyclic) bond motifs is 1. The number of nitrogens with two attached hydrogens (primary N) is 1. The maximum atomic E-state index is 9.59. The lowest BCUT2D eigenvalue weighted by molar-refractivity contribution is 0.414. The summed E-state index contributed by atoms with van der Waals surface area (Å²) >= 11 is 1.37. The molecule has 0 amide bonds. The Morgan fingerprint density at radius 1 is 1.23 bits per heavy atom. The van der Waals surface area contributed by atoms with Gasteiger partial charge in [0.1, 0.15) is 17.9 Å². The quantitative estimate of drug-likeness (QED) is 0.883. The number of hydrogen-bond donors (Lipinski definition) is 1. The molecule has 2 aromatic rings. The highest BCUT2D eigenvalue weighted by molar-refractivity contribution is 8.17. The monoisotopic (exact) mass is 362 g/mol. The summed E-state index contributed by atoms with van der Waals surface area (Å²) < 4.78 is 5.22. The van der Waals surface area contributed by atoms with Gasteiger partial charge in [-0.1, -0.05) is 30.3 Å². The maximum Gasteiger partial charge on any atom is 0.171 e. The lowest BCUT2D eigenvalue weighted by Gasteiger charge is -2.27. The van der Waals surface area contributed by atoms with Crippen LogP contribution in [0.5, 0.6) is 5.75 Å². The summed E-state index contributed by atoms with van der Waals surface area (Å²) in [5, 5.41) is 11.0. The van der Waals surface area contributed by atoms with Crippen LogP contribution in [-0.2, 0) is 6.42 Å². The van der Waals surface area contributed by atoms with Gasteiger partial charge in [-0.25, -0.2) is 4.99 Å². The molecule has 2 aliphatic rings. The summed E-state index contributed by atoms with van der Waals surface area (Å²) in [4.78, 5) is 7.09. The third-order valence-electron chi connectivity index (χ3n) is 4.65. The fourth-order valence-corrected chi connectivity index (χ4v) is 4.22. The van der Waals surface area contributed by atoms with E-state index >= 15 is 0 Å². The van der Waals surface area contributed by atoms with Crippen molar-refractivity contribution in [3.8, 4) is 11.8 Å². The minimum Gasteiger partial charge on any atom is -0.497 e. The van der Waals surface area contributed by atoms with Gasteiger partial charge in [0.25, 0.3) is 0 Å². The zero-order valence-electron chi connectivity index (χ0n) is 14.3. The summed E-state index contributed by atoms with van der Waals surface area (Å²) in [6, 6.07) is 17.8. The number of anilines is 1. The zero-order valence-corrected chi connectivity index (χ0v) is 15.2. The van der Waals surface area contributed by atoms with Crippen LogP contribution in [0.2, 0.25) is 0 Å².